The number of aryl methyl sites for hydroxylation is 2. The minimum absolute atomic E-state index is 0.242. The molecule has 0 bridgehead atoms. The van der Waals surface area contributed by atoms with Crippen LogP contribution in [0.25, 0.3) is 0 Å². The average Bonchev–Trinajstić information content (AvgIpc) is 2.90. The fraction of sp³-hybridized carbons (Fsp3) is 0.357. The summed E-state index contributed by atoms with van der Waals surface area (Å²) in [5.74, 6) is 0. The second-order valence-electron chi connectivity index (χ2n) is 4.78. The van der Waals surface area contributed by atoms with E-state index in [9.17, 15) is 8.42 Å². The normalized spacial score (nSPS) is 11.8. The van der Waals surface area contributed by atoms with E-state index in [0.717, 1.165) is 16.8 Å². The lowest BCUT2D eigenvalue weighted by Gasteiger charge is -2.07. The topological polar surface area (TPSA) is 90.0 Å². The van der Waals surface area contributed by atoms with Gasteiger partial charge in [-0.1, -0.05) is 0 Å². The van der Waals surface area contributed by atoms with Crippen molar-refractivity contribution in [1.29, 1.82) is 0 Å². The molecule has 0 unspecified atom stereocenters. The van der Waals surface area contributed by atoms with E-state index >= 15 is 0 Å². The SMILES string of the molecule is CCn1cc(S(=O)(=O)NCc2ccncc2C)cc1CN. The van der Waals surface area contributed by atoms with E-state index in [1.807, 2.05) is 18.4 Å². The second-order valence-corrected chi connectivity index (χ2v) is 6.55. The van der Waals surface area contributed by atoms with E-state index in [2.05, 4.69) is 9.71 Å². The number of nitrogens with zero attached hydrogens (tertiary/aromatic N) is 2. The third kappa shape index (κ3) is 3.49. The Morgan fingerprint density at radius 1 is 1.43 bits per heavy atom. The Kier molecular flexibility index (Phi) is 4.76. The minimum atomic E-state index is -3.54. The smallest absolute Gasteiger partial charge is 0.242 e. The Morgan fingerprint density at radius 3 is 2.76 bits per heavy atom. The summed E-state index contributed by atoms with van der Waals surface area (Å²) in [6, 6.07) is 3.42. The summed E-state index contributed by atoms with van der Waals surface area (Å²) in [5.41, 5.74) is 8.29. The highest BCUT2D eigenvalue weighted by atomic mass is 32.2. The van der Waals surface area contributed by atoms with Crippen LogP contribution in [0.1, 0.15) is 23.7 Å². The summed E-state index contributed by atoms with van der Waals surface area (Å²) in [6.45, 7) is 5.09. The Hall–Kier alpha value is -1.70. The molecule has 0 atom stereocenters. The molecule has 0 aromatic carbocycles. The first-order valence-electron chi connectivity index (χ1n) is 6.76. The zero-order chi connectivity index (χ0) is 15.5. The molecule has 2 rings (SSSR count). The summed E-state index contributed by atoms with van der Waals surface area (Å²) in [5, 5.41) is 0. The average molecular weight is 308 g/mol. The second kappa shape index (κ2) is 6.38. The highest BCUT2D eigenvalue weighted by molar-refractivity contribution is 7.89. The molecule has 2 aromatic rings. The van der Waals surface area contributed by atoms with E-state index in [1.165, 1.54) is 0 Å². The maximum absolute atomic E-state index is 12.3. The molecule has 0 aliphatic rings. The van der Waals surface area contributed by atoms with Crippen molar-refractivity contribution in [2.24, 2.45) is 5.73 Å². The Labute approximate surface area is 125 Å². The van der Waals surface area contributed by atoms with E-state index in [1.54, 1.807) is 30.7 Å². The first-order chi connectivity index (χ1) is 9.97. The van der Waals surface area contributed by atoms with Gasteiger partial charge in [0.2, 0.25) is 10.0 Å². The first kappa shape index (κ1) is 15.7. The monoisotopic (exact) mass is 308 g/mol. The van der Waals surface area contributed by atoms with E-state index in [-0.39, 0.29) is 11.4 Å². The van der Waals surface area contributed by atoms with Gasteiger partial charge in [0.15, 0.2) is 0 Å². The summed E-state index contributed by atoms with van der Waals surface area (Å²) in [6.07, 6.45) is 4.98. The summed E-state index contributed by atoms with van der Waals surface area (Å²) in [7, 11) is -3.54. The fourth-order valence-electron chi connectivity index (χ4n) is 2.10. The van der Waals surface area contributed by atoms with Crippen LogP contribution < -0.4 is 10.5 Å². The van der Waals surface area contributed by atoms with Crippen LogP contribution in [0.5, 0.6) is 0 Å². The molecule has 0 aliphatic carbocycles. The van der Waals surface area contributed by atoms with Crippen LogP contribution in [0.15, 0.2) is 35.6 Å². The molecule has 3 N–H and O–H groups in total. The molecule has 0 saturated heterocycles. The van der Waals surface area contributed by atoms with Gasteiger partial charge in [0.25, 0.3) is 0 Å². The van der Waals surface area contributed by atoms with Crippen molar-refractivity contribution >= 4 is 10.0 Å². The lowest BCUT2D eigenvalue weighted by molar-refractivity contribution is 0.580. The van der Waals surface area contributed by atoms with Gasteiger partial charge >= 0.3 is 0 Å². The van der Waals surface area contributed by atoms with Crippen LogP contribution in [0.3, 0.4) is 0 Å². The molecule has 2 heterocycles. The van der Waals surface area contributed by atoms with Crippen molar-refractivity contribution in [3.63, 3.8) is 0 Å². The van der Waals surface area contributed by atoms with Crippen molar-refractivity contribution in [3.05, 3.63) is 47.5 Å². The van der Waals surface area contributed by atoms with Gasteiger partial charge in [0.05, 0.1) is 4.90 Å². The number of rotatable bonds is 6. The molecule has 7 heteroatoms. The van der Waals surface area contributed by atoms with Gasteiger partial charge in [0.1, 0.15) is 0 Å². The van der Waals surface area contributed by atoms with Gasteiger partial charge in [-0.3, -0.25) is 4.98 Å². The third-order valence-corrected chi connectivity index (χ3v) is 4.78. The molecule has 6 nitrogen and oxygen atoms in total. The van der Waals surface area contributed by atoms with E-state index in [4.69, 9.17) is 5.73 Å². The predicted molar refractivity (Wildman–Crippen MR) is 81.0 cm³/mol. The summed E-state index contributed by atoms with van der Waals surface area (Å²) >= 11 is 0. The van der Waals surface area contributed by atoms with Crippen molar-refractivity contribution in [2.45, 2.75) is 38.4 Å². The zero-order valence-electron chi connectivity index (χ0n) is 12.2. The van der Waals surface area contributed by atoms with Gasteiger partial charge in [-0.15, -0.1) is 0 Å². The van der Waals surface area contributed by atoms with Crippen LogP contribution in [0, 0.1) is 6.92 Å². The van der Waals surface area contributed by atoms with Gasteiger partial charge in [0, 0.05) is 43.9 Å². The molecule has 114 valence electrons. The lowest BCUT2D eigenvalue weighted by Crippen LogP contribution is -2.23. The molecule has 0 spiro atoms. The van der Waals surface area contributed by atoms with Crippen molar-refractivity contribution < 1.29 is 8.42 Å². The van der Waals surface area contributed by atoms with Gasteiger partial charge in [-0.2, -0.15) is 0 Å². The van der Waals surface area contributed by atoms with E-state index < -0.39 is 10.0 Å². The lowest BCUT2D eigenvalue weighted by atomic mass is 10.2. The number of aromatic nitrogens is 2. The fourth-order valence-corrected chi connectivity index (χ4v) is 3.16. The summed E-state index contributed by atoms with van der Waals surface area (Å²) in [4.78, 5) is 4.24. The van der Waals surface area contributed by atoms with Crippen molar-refractivity contribution in [3.8, 4) is 0 Å². The molecule has 0 aliphatic heterocycles. The number of pyridine rings is 1. The molecule has 0 fully saturated rings. The predicted octanol–water partition coefficient (Wildman–Crippen LogP) is 1.15. The number of nitrogens with two attached hydrogens (primary N) is 1. The van der Waals surface area contributed by atoms with Crippen LogP contribution in [-0.4, -0.2) is 18.0 Å². The summed E-state index contributed by atoms with van der Waals surface area (Å²) < 4.78 is 29.1. The molecule has 21 heavy (non-hydrogen) atoms. The van der Waals surface area contributed by atoms with Crippen molar-refractivity contribution in [1.82, 2.24) is 14.3 Å². The Balaban J connectivity index is 2.19. The Bertz CT molecular complexity index is 701. The standard InChI is InChI=1S/C14H20N4O2S/c1-3-18-10-14(6-13(18)7-15)21(19,20)17-9-12-4-5-16-8-11(12)2/h4-6,8,10,17H,3,7,9,15H2,1-2H3. The molecular weight excluding hydrogens is 288 g/mol. The maximum atomic E-state index is 12.3. The quantitative estimate of drug-likeness (QED) is 0.837. The van der Waals surface area contributed by atoms with Crippen LogP contribution in [0.2, 0.25) is 0 Å². The zero-order valence-corrected chi connectivity index (χ0v) is 13.0. The number of hydrogen-bond donors (Lipinski definition) is 2. The molecule has 0 saturated carbocycles. The van der Waals surface area contributed by atoms with E-state index in [0.29, 0.717) is 13.1 Å². The van der Waals surface area contributed by atoms with Crippen molar-refractivity contribution in [2.75, 3.05) is 0 Å². The number of nitrogens with one attached hydrogen (secondary N) is 1. The molecule has 2 aromatic heterocycles. The highest BCUT2D eigenvalue weighted by Crippen LogP contribution is 2.15. The number of hydrogen-bond acceptors (Lipinski definition) is 4. The third-order valence-electron chi connectivity index (χ3n) is 3.41. The molecule has 0 amide bonds. The highest BCUT2D eigenvalue weighted by Gasteiger charge is 2.17. The number of sulfonamides is 1. The van der Waals surface area contributed by atoms with Crippen LogP contribution in [-0.2, 0) is 29.7 Å². The molecule has 0 radical (unpaired) electrons. The largest absolute Gasteiger partial charge is 0.349 e. The maximum Gasteiger partial charge on any atom is 0.242 e. The first-order valence-corrected chi connectivity index (χ1v) is 8.24. The van der Waals surface area contributed by atoms with Gasteiger partial charge in [-0.25, -0.2) is 13.1 Å². The Morgan fingerprint density at radius 2 is 2.19 bits per heavy atom. The van der Waals surface area contributed by atoms with Crippen LogP contribution >= 0.6 is 0 Å². The minimum Gasteiger partial charge on any atom is -0.349 e. The van der Waals surface area contributed by atoms with Gasteiger partial charge in [-0.05, 0) is 37.1 Å². The van der Waals surface area contributed by atoms with Crippen LogP contribution in [0.4, 0.5) is 0 Å². The molecular formula is C14H20N4O2S. The van der Waals surface area contributed by atoms with Gasteiger partial charge < -0.3 is 10.3 Å².